The van der Waals surface area contributed by atoms with Gasteiger partial charge in [-0.2, -0.15) is 5.26 Å². The van der Waals surface area contributed by atoms with Crippen LogP contribution in [0, 0.1) is 16.7 Å². The number of hydrogen-bond acceptors (Lipinski definition) is 3. The first-order valence-electron chi connectivity index (χ1n) is 5.17. The molecule has 0 bridgehead atoms. The van der Waals surface area contributed by atoms with E-state index in [4.69, 9.17) is 5.26 Å². The van der Waals surface area contributed by atoms with Crippen LogP contribution in [0.1, 0.15) is 32.8 Å². The van der Waals surface area contributed by atoms with Gasteiger partial charge in [0, 0.05) is 11.6 Å². The van der Waals surface area contributed by atoms with Crippen molar-refractivity contribution in [3.63, 3.8) is 0 Å². The summed E-state index contributed by atoms with van der Waals surface area (Å²) < 4.78 is 0. The number of amides is 1. The third-order valence-corrected chi connectivity index (χ3v) is 2.63. The molecule has 1 aromatic heterocycles. The molecule has 0 aliphatic carbocycles. The van der Waals surface area contributed by atoms with Gasteiger partial charge in [0.1, 0.15) is 11.9 Å². The number of nitriles is 1. The minimum atomic E-state index is -0.407. The number of pyridine rings is 1. The largest absolute Gasteiger partial charge is 0.310 e. The van der Waals surface area contributed by atoms with Crippen molar-refractivity contribution in [1.82, 2.24) is 4.98 Å². The van der Waals surface area contributed by atoms with Gasteiger partial charge in [-0.25, -0.2) is 4.98 Å². The zero-order valence-corrected chi connectivity index (χ0v) is 9.74. The van der Waals surface area contributed by atoms with E-state index >= 15 is 0 Å². The Kier molecular flexibility index (Phi) is 3.62. The van der Waals surface area contributed by atoms with Crippen molar-refractivity contribution in [3.05, 3.63) is 23.9 Å². The lowest BCUT2D eigenvalue weighted by molar-refractivity contribution is -0.124. The van der Waals surface area contributed by atoms with E-state index in [0.29, 0.717) is 11.4 Å². The zero-order chi connectivity index (χ0) is 12.2. The van der Waals surface area contributed by atoms with Crippen LogP contribution in [0.3, 0.4) is 0 Å². The van der Waals surface area contributed by atoms with E-state index in [2.05, 4.69) is 10.3 Å². The highest BCUT2D eigenvalue weighted by molar-refractivity contribution is 5.93. The van der Waals surface area contributed by atoms with Crippen LogP contribution in [0.5, 0.6) is 0 Å². The van der Waals surface area contributed by atoms with Crippen molar-refractivity contribution in [3.8, 4) is 6.07 Å². The summed E-state index contributed by atoms with van der Waals surface area (Å²) in [7, 11) is 0. The minimum Gasteiger partial charge on any atom is -0.310 e. The van der Waals surface area contributed by atoms with Crippen molar-refractivity contribution in [2.75, 3.05) is 5.32 Å². The Hall–Kier alpha value is -1.89. The van der Waals surface area contributed by atoms with Crippen LogP contribution in [0.25, 0.3) is 0 Å². The summed E-state index contributed by atoms with van der Waals surface area (Å²) >= 11 is 0. The van der Waals surface area contributed by atoms with Crippen LogP contribution in [0.15, 0.2) is 18.3 Å². The molecule has 0 saturated carbocycles. The van der Waals surface area contributed by atoms with Crippen molar-refractivity contribution in [2.24, 2.45) is 5.41 Å². The van der Waals surface area contributed by atoms with Crippen LogP contribution in [-0.4, -0.2) is 10.9 Å². The second-order valence-electron chi connectivity index (χ2n) is 4.24. The number of anilines is 1. The van der Waals surface area contributed by atoms with Gasteiger partial charge in [0.2, 0.25) is 5.91 Å². The first-order valence-corrected chi connectivity index (χ1v) is 5.17. The first kappa shape index (κ1) is 12.2. The molecule has 0 unspecified atom stereocenters. The van der Waals surface area contributed by atoms with Crippen LogP contribution in [0.4, 0.5) is 5.82 Å². The monoisotopic (exact) mass is 217 g/mol. The second kappa shape index (κ2) is 4.75. The Morgan fingerprint density at radius 2 is 2.25 bits per heavy atom. The smallest absolute Gasteiger partial charge is 0.231 e. The van der Waals surface area contributed by atoms with Crippen molar-refractivity contribution >= 4 is 11.7 Å². The predicted molar refractivity (Wildman–Crippen MR) is 61.7 cm³/mol. The molecule has 0 atom stereocenters. The molecule has 0 spiro atoms. The van der Waals surface area contributed by atoms with Gasteiger partial charge in [0.15, 0.2) is 0 Å². The van der Waals surface area contributed by atoms with E-state index in [1.54, 1.807) is 12.1 Å². The maximum atomic E-state index is 11.8. The molecule has 4 nitrogen and oxygen atoms in total. The molecule has 4 heteroatoms. The van der Waals surface area contributed by atoms with Gasteiger partial charge >= 0.3 is 0 Å². The van der Waals surface area contributed by atoms with Gasteiger partial charge in [-0.05, 0) is 18.6 Å². The summed E-state index contributed by atoms with van der Waals surface area (Å²) in [6.07, 6.45) is 2.20. The zero-order valence-electron chi connectivity index (χ0n) is 9.74. The van der Waals surface area contributed by atoms with Gasteiger partial charge in [0.05, 0.1) is 5.56 Å². The average Bonchev–Trinajstić information content (AvgIpc) is 2.30. The number of hydrogen-bond donors (Lipinski definition) is 1. The molecule has 0 aliphatic heterocycles. The summed E-state index contributed by atoms with van der Waals surface area (Å²) in [6, 6.07) is 5.23. The maximum Gasteiger partial charge on any atom is 0.231 e. The molecular formula is C12H15N3O. The predicted octanol–water partition coefficient (Wildman–Crippen LogP) is 2.33. The third-order valence-electron chi connectivity index (χ3n) is 2.63. The summed E-state index contributed by atoms with van der Waals surface area (Å²) in [5, 5.41) is 11.3. The lowest BCUT2D eigenvalue weighted by Gasteiger charge is -2.20. The Bertz CT molecular complexity index is 415. The van der Waals surface area contributed by atoms with Crippen LogP contribution >= 0.6 is 0 Å². The Labute approximate surface area is 95.3 Å². The van der Waals surface area contributed by atoms with Gasteiger partial charge in [-0.3, -0.25) is 4.79 Å². The molecule has 1 heterocycles. The summed E-state index contributed by atoms with van der Waals surface area (Å²) in [4.78, 5) is 15.8. The first-order chi connectivity index (χ1) is 7.49. The summed E-state index contributed by atoms with van der Waals surface area (Å²) in [5.41, 5.74) is 0.0722. The summed E-state index contributed by atoms with van der Waals surface area (Å²) in [5.74, 6) is 0.415. The fourth-order valence-electron chi connectivity index (χ4n) is 0.980. The molecule has 1 amide bonds. The van der Waals surface area contributed by atoms with E-state index in [9.17, 15) is 4.79 Å². The van der Waals surface area contributed by atoms with Crippen LogP contribution in [-0.2, 0) is 4.79 Å². The molecule has 1 rings (SSSR count). The Balaban J connectivity index is 2.75. The quantitative estimate of drug-likeness (QED) is 0.845. The molecule has 16 heavy (non-hydrogen) atoms. The van der Waals surface area contributed by atoms with E-state index in [1.165, 1.54) is 6.20 Å². The highest BCUT2D eigenvalue weighted by atomic mass is 16.2. The topological polar surface area (TPSA) is 65.8 Å². The van der Waals surface area contributed by atoms with Gasteiger partial charge < -0.3 is 5.32 Å². The minimum absolute atomic E-state index is 0.0628. The molecule has 84 valence electrons. The van der Waals surface area contributed by atoms with Gasteiger partial charge in [-0.15, -0.1) is 0 Å². The molecule has 0 aromatic carbocycles. The highest BCUT2D eigenvalue weighted by Gasteiger charge is 2.25. The normalized spacial score (nSPS) is 10.6. The molecular weight excluding hydrogens is 202 g/mol. The molecule has 0 saturated heterocycles. The molecule has 1 aromatic rings. The van der Waals surface area contributed by atoms with Crippen molar-refractivity contribution < 1.29 is 4.79 Å². The number of aromatic nitrogens is 1. The SMILES string of the molecule is CCC(C)(C)C(=O)Nc1ccc(C#N)cn1. The number of rotatable bonds is 3. The van der Waals surface area contributed by atoms with Crippen LogP contribution < -0.4 is 5.32 Å². The van der Waals surface area contributed by atoms with Gasteiger partial charge in [-0.1, -0.05) is 20.8 Å². The van der Waals surface area contributed by atoms with E-state index in [0.717, 1.165) is 6.42 Å². The highest BCUT2D eigenvalue weighted by Crippen LogP contribution is 2.21. The second-order valence-corrected chi connectivity index (χ2v) is 4.24. The fourth-order valence-corrected chi connectivity index (χ4v) is 0.980. The number of nitrogens with zero attached hydrogens (tertiary/aromatic N) is 2. The standard InChI is InChI=1S/C12H15N3O/c1-4-12(2,3)11(16)15-10-6-5-9(7-13)8-14-10/h5-6,8H,4H2,1-3H3,(H,14,15,16). The molecule has 0 radical (unpaired) electrons. The number of carbonyl (C=O) groups is 1. The molecule has 0 aliphatic rings. The maximum absolute atomic E-state index is 11.8. The van der Waals surface area contributed by atoms with Crippen molar-refractivity contribution in [1.29, 1.82) is 5.26 Å². The lowest BCUT2D eigenvalue weighted by Crippen LogP contribution is -2.30. The fraction of sp³-hybridized carbons (Fsp3) is 0.417. The van der Waals surface area contributed by atoms with E-state index in [1.807, 2.05) is 26.8 Å². The average molecular weight is 217 g/mol. The van der Waals surface area contributed by atoms with E-state index in [-0.39, 0.29) is 5.91 Å². The Morgan fingerprint density at radius 1 is 1.56 bits per heavy atom. The van der Waals surface area contributed by atoms with Gasteiger partial charge in [0.25, 0.3) is 0 Å². The number of nitrogens with one attached hydrogen (secondary N) is 1. The van der Waals surface area contributed by atoms with Crippen LogP contribution in [0.2, 0.25) is 0 Å². The van der Waals surface area contributed by atoms with E-state index < -0.39 is 5.41 Å². The Morgan fingerprint density at radius 3 is 2.69 bits per heavy atom. The van der Waals surface area contributed by atoms with Crippen molar-refractivity contribution in [2.45, 2.75) is 27.2 Å². The lowest BCUT2D eigenvalue weighted by atomic mass is 9.89. The number of carbonyl (C=O) groups excluding carboxylic acids is 1. The molecule has 1 N–H and O–H groups in total. The third kappa shape index (κ3) is 2.80. The summed E-state index contributed by atoms with van der Waals surface area (Å²) in [6.45, 7) is 5.73. The molecule has 0 fully saturated rings.